The summed E-state index contributed by atoms with van der Waals surface area (Å²) in [5.41, 5.74) is 2.08. The number of ether oxygens (including phenoxy) is 3. The summed E-state index contributed by atoms with van der Waals surface area (Å²) in [6, 6.07) is 16.4. The zero-order valence-corrected chi connectivity index (χ0v) is 26.3. The van der Waals surface area contributed by atoms with E-state index in [4.69, 9.17) is 14.2 Å². The Bertz CT molecular complexity index is 1640. The first-order valence-electron chi connectivity index (χ1n) is 14.2. The van der Waals surface area contributed by atoms with Gasteiger partial charge in [-0.3, -0.25) is 14.2 Å². The fraction of sp³-hybridized carbons (Fsp3) is 0.323. The first-order valence-corrected chi connectivity index (χ1v) is 15.9. The van der Waals surface area contributed by atoms with Gasteiger partial charge >= 0.3 is 5.97 Å². The molecule has 0 saturated heterocycles. The van der Waals surface area contributed by atoms with Crippen molar-refractivity contribution in [1.29, 1.82) is 0 Å². The number of amides is 2. The van der Waals surface area contributed by atoms with Crippen LogP contribution in [0.1, 0.15) is 46.9 Å². The Morgan fingerprint density at radius 1 is 1.07 bits per heavy atom. The summed E-state index contributed by atoms with van der Waals surface area (Å²) < 4.78 is 18.2. The first-order chi connectivity index (χ1) is 21.4. The molecule has 0 radical (unpaired) electrons. The first kappa shape index (κ1) is 31.1. The number of thioether (sulfide) groups is 1. The lowest BCUT2D eigenvalue weighted by Gasteiger charge is -2.16. The van der Waals surface area contributed by atoms with Gasteiger partial charge in [-0.2, -0.15) is 0 Å². The van der Waals surface area contributed by atoms with Crippen molar-refractivity contribution in [1.82, 2.24) is 20.1 Å². The molecule has 44 heavy (non-hydrogen) atoms. The lowest BCUT2D eigenvalue weighted by molar-refractivity contribution is -0.123. The fourth-order valence-electron chi connectivity index (χ4n) is 4.78. The highest BCUT2D eigenvalue weighted by Gasteiger charge is 2.30. The number of hydrogen-bond acceptors (Lipinski definition) is 10. The van der Waals surface area contributed by atoms with E-state index in [0.29, 0.717) is 38.7 Å². The van der Waals surface area contributed by atoms with Crippen LogP contribution < -0.4 is 20.1 Å². The molecule has 0 bridgehead atoms. The number of esters is 1. The SMILES string of the molecule is CCOC(=O)c1c(NC(=O)C(C)Sc2nnc(CNC(=O)COc3ccccc3)n2-c2ccccc2OC)sc2c1CCC2. The minimum Gasteiger partial charge on any atom is -0.495 e. The van der Waals surface area contributed by atoms with Crippen molar-refractivity contribution >= 4 is 45.9 Å². The van der Waals surface area contributed by atoms with Crippen LogP contribution >= 0.6 is 23.1 Å². The molecule has 2 aromatic carbocycles. The summed E-state index contributed by atoms with van der Waals surface area (Å²) in [5.74, 6) is 0.565. The minimum atomic E-state index is -0.610. The van der Waals surface area contributed by atoms with Gasteiger partial charge in [-0.25, -0.2) is 4.79 Å². The van der Waals surface area contributed by atoms with E-state index in [2.05, 4.69) is 20.8 Å². The van der Waals surface area contributed by atoms with Crippen LogP contribution in [0.2, 0.25) is 0 Å². The molecule has 1 aliphatic carbocycles. The molecule has 4 aromatic rings. The van der Waals surface area contributed by atoms with Crippen LogP contribution in [0, 0.1) is 0 Å². The lowest BCUT2D eigenvalue weighted by atomic mass is 10.1. The smallest absolute Gasteiger partial charge is 0.341 e. The third-order valence-electron chi connectivity index (χ3n) is 6.87. The number of rotatable bonds is 13. The average molecular weight is 636 g/mol. The van der Waals surface area contributed by atoms with E-state index in [9.17, 15) is 14.4 Å². The van der Waals surface area contributed by atoms with Crippen LogP contribution in [0.5, 0.6) is 11.5 Å². The highest BCUT2D eigenvalue weighted by Crippen LogP contribution is 2.40. The van der Waals surface area contributed by atoms with E-state index in [1.165, 1.54) is 23.1 Å². The van der Waals surface area contributed by atoms with Gasteiger partial charge in [-0.05, 0) is 62.9 Å². The van der Waals surface area contributed by atoms with E-state index in [0.717, 1.165) is 29.7 Å². The van der Waals surface area contributed by atoms with Gasteiger partial charge in [-0.15, -0.1) is 21.5 Å². The maximum atomic E-state index is 13.4. The summed E-state index contributed by atoms with van der Waals surface area (Å²) in [4.78, 5) is 39.9. The van der Waals surface area contributed by atoms with Gasteiger partial charge in [0.2, 0.25) is 5.91 Å². The summed E-state index contributed by atoms with van der Waals surface area (Å²) in [5, 5.41) is 14.8. The Hall–Kier alpha value is -4.36. The van der Waals surface area contributed by atoms with Gasteiger partial charge in [0.1, 0.15) is 16.5 Å². The Morgan fingerprint density at radius 3 is 2.61 bits per heavy atom. The maximum Gasteiger partial charge on any atom is 0.341 e. The molecule has 0 fully saturated rings. The zero-order chi connectivity index (χ0) is 31.1. The number of aryl methyl sites for hydroxylation is 1. The van der Waals surface area contributed by atoms with Gasteiger partial charge < -0.3 is 24.8 Å². The highest BCUT2D eigenvalue weighted by molar-refractivity contribution is 8.00. The third-order valence-corrected chi connectivity index (χ3v) is 9.12. The number of carbonyl (C=O) groups is 3. The molecule has 0 saturated carbocycles. The molecule has 2 aromatic heterocycles. The molecular weight excluding hydrogens is 603 g/mol. The van der Waals surface area contributed by atoms with Gasteiger partial charge in [0.05, 0.1) is 36.8 Å². The number of methoxy groups -OCH3 is 1. The van der Waals surface area contributed by atoms with Crippen molar-refractivity contribution in [3.8, 4) is 17.2 Å². The van der Waals surface area contributed by atoms with E-state index < -0.39 is 11.2 Å². The highest BCUT2D eigenvalue weighted by atomic mass is 32.2. The van der Waals surface area contributed by atoms with Crippen molar-refractivity contribution in [2.75, 3.05) is 25.6 Å². The quantitative estimate of drug-likeness (QED) is 0.157. The maximum absolute atomic E-state index is 13.4. The number of anilines is 1. The number of aromatic nitrogens is 3. The second kappa shape index (κ2) is 14.4. The molecule has 230 valence electrons. The number of fused-ring (bicyclic) bond motifs is 1. The van der Waals surface area contributed by atoms with E-state index >= 15 is 0 Å². The summed E-state index contributed by atoms with van der Waals surface area (Å²) in [6.07, 6.45) is 2.65. The van der Waals surface area contributed by atoms with E-state index in [1.54, 1.807) is 37.7 Å². The van der Waals surface area contributed by atoms with Crippen LogP contribution in [0.4, 0.5) is 5.00 Å². The Kier molecular flexibility index (Phi) is 10.2. The molecule has 0 spiro atoms. The third kappa shape index (κ3) is 7.05. The molecule has 1 unspecified atom stereocenters. The average Bonchev–Trinajstić information content (AvgIpc) is 3.74. The van der Waals surface area contributed by atoms with Crippen molar-refractivity contribution in [2.24, 2.45) is 0 Å². The van der Waals surface area contributed by atoms with Crippen LogP contribution in [-0.4, -0.2) is 58.1 Å². The molecule has 2 heterocycles. The largest absolute Gasteiger partial charge is 0.495 e. The number of para-hydroxylation sites is 3. The topological polar surface area (TPSA) is 134 Å². The normalized spacial score (nSPS) is 12.7. The molecule has 1 aliphatic rings. The number of carbonyl (C=O) groups excluding carboxylic acids is 3. The number of nitrogens with zero attached hydrogens (tertiary/aromatic N) is 3. The Balaban J connectivity index is 1.33. The van der Waals surface area contributed by atoms with Crippen LogP contribution in [0.3, 0.4) is 0 Å². The van der Waals surface area contributed by atoms with E-state index in [1.807, 2.05) is 42.5 Å². The van der Waals surface area contributed by atoms with Gasteiger partial charge in [-0.1, -0.05) is 42.1 Å². The molecule has 5 rings (SSSR count). The number of thiophene rings is 1. The monoisotopic (exact) mass is 635 g/mol. The van der Waals surface area contributed by atoms with Crippen LogP contribution in [0.15, 0.2) is 59.8 Å². The molecule has 13 heteroatoms. The molecule has 0 aliphatic heterocycles. The fourth-order valence-corrected chi connectivity index (χ4v) is 6.94. The predicted octanol–water partition coefficient (Wildman–Crippen LogP) is 4.82. The van der Waals surface area contributed by atoms with E-state index in [-0.39, 0.29) is 31.6 Å². The van der Waals surface area contributed by atoms with Gasteiger partial charge in [0.15, 0.2) is 17.6 Å². The Labute approximate surface area is 263 Å². The minimum absolute atomic E-state index is 0.0623. The van der Waals surface area contributed by atoms with Gasteiger partial charge in [0, 0.05) is 4.88 Å². The standard InChI is InChI=1S/C31H33N5O6S2/c1-4-41-30(39)27-21-13-10-16-24(21)44-29(27)33-28(38)19(2)43-31-35-34-25(36(31)22-14-8-9-15-23(22)40-3)17-32-26(37)18-42-20-11-6-5-7-12-20/h5-9,11-12,14-15,19H,4,10,13,16-18H2,1-3H3,(H,32,37)(H,33,38). The van der Waals surface area contributed by atoms with Crippen molar-refractivity contribution in [3.63, 3.8) is 0 Å². The van der Waals surface area contributed by atoms with Crippen molar-refractivity contribution < 1.29 is 28.6 Å². The number of nitrogens with one attached hydrogen (secondary N) is 2. The molecule has 2 amide bonds. The van der Waals surface area contributed by atoms with Crippen LogP contribution in [-0.2, 0) is 33.7 Å². The second-order valence-corrected chi connectivity index (χ2v) is 12.2. The molecule has 2 N–H and O–H groups in total. The Morgan fingerprint density at radius 2 is 1.84 bits per heavy atom. The predicted molar refractivity (Wildman–Crippen MR) is 168 cm³/mol. The number of hydrogen-bond donors (Lipinski definition) is 2. The summed E-state index contributed by atoms with van der Waals surface area (Å²) in [6.45, 7) is 3.68. The molecule has 1 atom stereocenters. The zero-order valence-electron chi connectivity index (χ0n) is 24.6. The van der Waals surface area contributed by atoms with Crippen molar-refractivity contribution in [3.05, 3.63) is 76.4 Å². The molecule has 11 nitrogen and oxygen atoms in total. The van der Waals surface area contributed by atoms with Crippen LogP contribution in [0.25, 0.3) is 5.69 Å². The lowest BCUT2D eigenvalue weighted by Crippen LogP contribution is -2.29. The van der Waals surface area contributed by atoms with Gasteiger partial charge in [0.25, 0.3) is 5.91 Å². The van der Waals surface area contributed by atoms with Crippen molar-refractivity contribution in [2.45, 2.75) is 50.1 Å². The summed E-state index contributed by atoms with van der Waals surface area (Å²) >= 11 is 2.64. The second-order valence-electron chi connectivity index (χ2n) is 9.82. The number of benzene rings is 2. The molecular formula is C31H33N5O6S2. The summed E-state index contributed by atoms with van der Waals surface area (Å²) in [7, 11) is 1.56.